The number of ether oxygens (including phenoxy) is 1. The number of aromatic nitrogens is 3. The first-order chi connectivity index (χ1) is 18.4. The lowest BCUT2D eigenvalue weighted by Crippen LogP contribution is -2.42. The molecule has 1 N–H and O–H groups in total. The van der Waals surface area contributed by atoms with Crippen LogP contribution in [0, 0.1) is 19.7 Å². The Morgan fingerprint density at radius 1 is 1.10 bits per heavy atom. The number of imidazole rings is 1. The van der Waals surface area contributed by atoms with Crippen LogP contribution in [-0.2, 0) is 4.74 Å². The summed E-state index contributed by atoms with van der Waals surface area (Å²) in [7, 11) is 1.77. The first-order valence-electron chi connectivity index (χ1n) is 13.0. The highest BCUT2D eigenvalue weighted by atomic mass is 19.1. The number of hydrogen-bond acceptors (Lipinski definition) is 6. The van der Waals surface area contributed by atoms with Gasteiger partial charge in [-0.3, -0.25) is 9.78 Å². The SMILES string of the molecule is Cc1ccc2c(N3CCC(N(C)C(=O)OC(C)(C)C)C3)ccc(C(=O)Nc3cc(F)c4nc(C)cn4c3)c2n1. The van der Waals surface area contributed by atoms with Crippen molar-refractivity contribution >= 4 is 39.9 Å². The number of anilines is 2. The molecule has 9 nitrogen and oxygen atoms in total. The van der Waals surface area contributed by atoms with Gasteiger partial charge in [-0.25, -0.2) is 14.2 Å². The number of benzene rings is 1. The molecule has 3 aromatic heterocycles. The largest absolute Gasteiger partial charge is 0.444 e. The monoisotopic (exact) mass is 532 g/mol. The first kappa shape index (κ1) is 26.4. The number of halogens is 1. The number of fused-ring (bicyclic) bond motifs is 2. The van der Waals surface area contributed by atoms with Gasteiger partial charge in [-0.05, 0) is 65.3 Å². The van der Waals surface area contributed by atoms with E-state index in [0.29, 0.717) is 29.0 Å². The van der Waals surface area contributed by atoms with Crippen LogP contribution in [0.2, 0.25) is 0 Å². The van der Waals surface area contributed by atoms with E-state index in [-0.39, 0.29) is 23.7 Å². The standard InChI is InChI=1S/C29H33FN6O3/c1-17-7-8-21-24(35-12-11-20(16-35)34(6)28(38)39-29(3,4)5)10-9-22(25(21)31-17)27(37)33-19-13-23(30)26-32-18(2)14-36(26)15-19/h7-10,13-15,20H,11-12,16H2,1-6H3,(H,33,37). The zero-order chi connectivity index (χ0) is 28.1. The summed E-state index contributed by atoms with van der Waals surface area (Å²) in [5.41, 5.74) is 3.32. The van der Waals surface area contributed by atoms with Crippen molar-refractivity contribution in [2.24, 2.45) is 0 Å². The maximum atomic E-state index is 14.6. The van der Waals surface area contributed by atoms with Crippen molar-refractivity contribution in [3.63, 3.8) is 0 Å². The van der Waals surface area contributed by atoms with E-state index in [9.17, 15) is 14.0 Å². The predicted molar refractivity (Wildman–Crippen MR) is 149 cm³/mol. The highest BCUT2D eigenvalue weighted by Crippen LogP contribution is 2.32. The molecule has 0 spiro atoms. The Labute approximate surface area is 226 Å². The summed E-state index contributed by atoms with van der Waals surface area (Å²) in [5.74, 6) is -0.904. The minimum absolute atomic E-state index is 0.00657. The topological polar surface area (TPSA) is 92.1 Å². The molecule has 10 heteroatoms. The van der Waals surface area contributed by atoms with Crippen molar-refractivity contribution in [1.82, 2.24) is 19.3 Å². The van der Waals surface area contributed by atoms with Crippen molar-refractivity contribution in [3.05, 3.63) is 65.5 Å². The quantitative estimate of drug-likeness (QED) is 0.382. The van der Waals surface area contributed by atoms with E-state index in [4.69, 9.17) is 9.72 Å². The number of pyridine rings is 2. The number of carbonyl (C=O) groups is 2. The molecule has 4 heterocycles. The van der Waals surface area contributed by atoms with Gasteiger partial charge >= 0.3 is 6.09 Å². The third-order valence-corrected chi connectivity index (χ3v) is 6.84. The maximum absolute atomic E-state index is 14.6. The van der Waals surface area contributed by atoms with Crippen molar-refractivity contribution < 1.29 is 18.7 Å². The summed E-state index contributed by atoms with van der Waals surface area (Å²) in [5, 5.41) is 3.65. The molecule has 1 aliphatic heterocycles. The van der Waals surface area contributed by atoms with Crippen LogP contribution in [0.15, 0.2) is 42.7 Å². The van der Waals surface area contributed by atoms with E-state index in [1.165, 1.54) is 6.07 Å². The Kier molecular flexibility index (Phi) is 6.65. The fourth-order valence-electron chi connectivity index (χ4n) is 4.96. The van der Waals surface area contributed by atoms with Gasteiger partial charge in [0.05, 0.1) is 28.5 Å². The Bertz CT molecular complexity index is 1590. The summed E-state index contributed by atoms with van der Waals surface area (Å²) in [6.45, 7) is 10.6. The molecule has 0 saturated carbocycles. The Hall–Kier alpha value is -4.21. The molecule has 1 aliphatic rings. The van der Waals surface area contributed by atoms with Crippen molar-refractivity contribution in [1.29, 1.82) is 0 Å². The molecule has 1 unspecified atom stereocenters. The van der Waals surface area contributed by atoms with Crippen LogP contribution in [0.4, 0.5) is 20.6 Å². The lowest BCUT2D eigenvalue weighted by molar-refractivity contribution is 0.0237. The lowest BCUT2D eigenvalue weighted by atomic mass is 10.1. The van der Waals surface area contributed by atoms with Gasteiger partial charge < -0.3 is 24.3 Å². The second-order valence-electron chi connectivity index (χ2n) is 11.1. The van der Waals surface area contributed by atoms with Crippen LogP contribution in [0.3, 0.4) is 0 Å². The molecule has 0 bridgehead atoms. The van der Waals surface area contributed by atoms with E-state index in [1.807, 2.05) is 45.9 Å². The summed E-state index contributed by atoms with van der Waals surface area (Å²) in [6.07, 6.45) is 3.79. The first-order valence-corrected chi connectivity index (χ1v) is 13.0. The number of rotatable bonds is 4. The molecule has 1 fully saturated rings. The second-order valence-corrected chi connectivity index (χ2v) is 11.1. The smallest absolute Gasteiger partial charge is 0.410 e. The van der Waals surface area contributed by atoms with Gasteiger partial charge in [-0.2, -0.15) is 0 Å². The van der Waals surface area contributed by atoms with Crippen molar-refractivity contribution in [2.75, 3.05) is 30.4 Å². The summed E-state index contributed by atoms with van der Waals surface area (Å²) < 4.78 is 21.7. The Balaban J connectivity index is 1.41. The molecule has 1 aromatic carbocycles. The van der Waals surface area contributed by atoms with Crippen LogP contribution >= 0.6 is 0 Å². The van der Waals surface area contributed by atoms with Crippen LogP contribution in [0.25, 0.3) is 16.6 Å². The highest BCUT2D eigenvalue weighted by Gasteiger charge is 2.32. The van der Waals surface area contributed by atoms with Gasteiger partial charge in [0.15, 0.2) is 11.5 Å². The molecule has 4 aromatic rings. The Morgan fingerprint density at radius 2 is 1.87 bits per heavy atom. The zero-order valence-corrected chi connectivity index (χ0v) is 23.1. The van der Waals surface area contributed by atoms with Gasteiger partial charge in [0.1, 0.15) is 5.60 Å². The number of hydrogen-bond donors (Lipinski definition) is 1. The minimum Gasteiger partial charge on any atom is -0.444 e. The van der Waals surface area contributed by atoms with Gasteiger partial charge in [0.25, 0.3) is 5.91 Å². The molecule has 0 radical (unpaired) electrons. The predicted octanol–water partition coefficient (Wildman–Crippen LogP) is 5.34. The maximum Gasteiger partial charge on any atom is 0.410 e. The molecule has 2 amide bonds. The second kappa shape index (κ2) is 9.83. The van der Waals surface area contributed by atoms with E-state index < -0.39 is 11.4 Å². The third kappa shape index (κ3) is 5.36. The molecule has 1 saturated heterocycles. The highest BCUT2D eigenvalue weighted by molar-refractivity contribution is 6.14. The molecule has 1 atom stereocenters. The van der Waals surface area contributed by atoms with Crippen molar-refractivity contribution in [2.45, 2.75) is 52.7 Å². The van der Waals surface area contributed by atoms with Crippen LogP contribution in [0.1, 0.15) is 48.9 Å². The van der Waals surface area contributed by atoms with Crippen LogP contribution < -0.4 is 10.2 Å². The third-order valence-electron chi connectivity index (χ3n) is 6.84. The van der Waals surface area contributed by atoms with Gasteiger partial charge in [0.2, 0.25) is 0 Å². The lowest BCUT2D eigenvalue weighted by Gasteiger charge is -2.29. The number of likely N-dealkylation sites (N-methyl/N-ethyl adjacent to an activating group) is 1. The zero-order valence-electron chi connectivity index (χ0n) is 23.1. The number of amides is 2. The van der Waals surface area contributed by atoms with Gasteiger partial charge in [-0.1, -0.05) is 0 Å². The number of nitrogens with one attached hydrogen (secondary N) is 1. The fourth-order valence-corrected chi connectivity index (χ4v) is 4.96. The van der Waals surface area contributed by atoms with E-state index in [2.05, 4.69) is 15.2 Å². The van der Waals surface area contributed by atoms with Crippen LogP contribution in [0.5, 0.6) is 0 Å². The molecular weight excluding hydrogens is 499 g/mol. The van der Waals surface area contributed by atoms with E-state index in [1.54, 1.807) is 41.7 Å². The average Bonchev–Trinajstić information content (AvgIpc) is 3.48. The van der Waals surface area contributed by atoms with E-state index >= 15 is 0 Å². The van der Waals surface area contributed by atoms with E-state index in [0.717, 1.165) is 29.7 Å². The normalized spacial score (nSPS) is 15.7. The summed E-state index contributed by atoms with van der Waals surface area (Å²) in [6, 6.07) is 8.80. The molecule has 204 valence electrons. The summed E-state index contributed by atoms with van der Waals surface area (Å²) >= 11 is 0. The summed E-state index contributed by atoms with van der Waals surface area (Å²) in [4.78, 5) is 38.7. The van der Waals surface area contributed by atoms with Gasteiger partial charge in [-0.15, -0.1) is 0 Å². The molecular formula is C29H33FN6O3. The number of nitrogens with zero attached hydrogens (tertiary/aromatic N) is 5. The van der Waals surface area contributed by atoms with Gasteiger partial charge in [0, 0.05) is 55.4 Å². The van der Waals surface area contributed by atoms with Crippen LogP contribution in [-0.4, -0.2) is 63.0 Å². The molecule has 5 rings (SSSR count). The molecule has 0 aliphatic carbocycles. The Morgan fingerprint density at radius 3 is 2.62 bits per heavy atom. The fraction of sp³-hybridized carbons (Fsp3) is 0.379. The van der Waals surface area contributed by atoms with Crippen molar-refractivity contribution in [3.8, 4) is 0 Å². The molecule has 39 heavy (non-hydrogen) atoms. The number of carbonyl (C=O) groups excluding carboxylic acids is 2. The minimum atomic E-state index is -0.561. The number of aryl methyl sites for hydroxylation is 2. The average molecular weight is 533 g/mol.